The fraction of sp³-hybridized carbons (Fsp3) is 0.167. The van der Waals surface area contributed by atoms with Gasteiger partial charge in [0.15, 0.2) is 11.5 Å². The van der Waals surface area contributed by atoms with Crippen LogP contribution in [0, 0.1) is 0 Å². The number of hydrogen-bond donors (Lipinski definition) is 0. The first-order chi connectivity index (χ1) is 7.40. The largest absolute Gasteiger partial charge is 0.454 e. The molecule has 0 fully saturated rings. The van der Waals surface area contributed by atoms with Crippen LogP contribution in [0.2, 0.25) is 0 Å². The Bertz CT molecular complexity index is 397. The summed E-state index contributed by atoms with van der Waals surface area (Å²) in [6.07, 6.45) is 7.08. The van der Waals surface area contributed by atoms with Crippen LogP contribution in [0.25, 0.3) is 0 Å². The molecule has 1 aliphatic heterocycles. The number of fused-ring (bicyclic) bond motifs is 1. The van der Waals surface area contributed by atoms with Gasteiger partial charge in [-0.3, -0.25) is 0 Å². The third kappa shape index (κ3) is 2.75. The highest BCUT2D eigenvalue weighted by molar-refractivity contribution is 14.1. The van der Waals surface area contributed by atoms with Gasteiger partial charge in [0.2, 0.25) is 6.79 Å². The van der Waals surface area contributed by atoms with Gasteiger partial charge < -0.3 is 9.47 Å². The van der Waals surface area contributed by atoms with Gasteiger partial charge in [-0.25, -0.2) is 0 Å². The van der Waals surface area contributed by atoms with E-state index in [1.165, 1.54) is 5.56 Å². The topological polar surface area (TPSA) is 18.5 Å². The quantitative estimate of drug-likeness (QED) is 0.628. The smallest absolute Gasteiger partial charge is 0.231 e. The maximum Gasteiger partial charge on any atom is 0.231 e. The molecular formula is C12H11IO2. The maximum absolute atomic E-state index is 5.31. The van der Waals surface area contributed by atoms with E-state index in [0.29, 0.717) is 6.79 Å². The van der Waals surface area contributed by atoms with Crippen LogP contribution in [-0.4, -0.2) is 6.79 Å². The average Bonchev–Trinajstić information content (AvgIpc) is 2.71. The van der Waals surface area contributed by atoms with Gasteiger partial charge in [-0.05, 0) is 28.2 Å². The molecule has 0 unspecified atom stereocenters. The lowest BCUT2D eigenvalue weighted by atomic mass is 10.1. The molecule has 2 nitrogen and oxygen atoms in total. The van der Waals surface area contributed by atoms with Crippen molar-refractivity contribution in [3.63, 3.8) is 0 Å². The Kier molecular flexibility index (Phi) is 3.66. The van der Waals surface area contributed by atoms with Crippen molar-refractivity contribution in [1.29, 1.82) is 0 Å². The molecule has 0 spiro atoms. The van der Waals surface area contributed by atoms with Crippen molar-refractivity contribution in [3.05, 3.63) is 46.1 Å². The molecule has 0 atom stereocenters. The van der Waals surface area contributed by atoms with Crippen LogP contribution in [0.4, 0.5) is 0 Å². The Morgan fingerprint density at radius 2 is 2.07 bits per heavy atom. The minimum atomic E-state index is 0.339. The minimum Gasteiger partial charge on any atom is -0.454 e. The first-order valence-electron chi connectivity index (χ1n) is 4.70. The summed E-state index contributed by atoms with van der Waals surface area (Å²) in [6.45, 7) is 0.339. The molecule has 0 saturated carbocycles. The zero-order valence-corrected chi connectivity index (χ0v) is 10.3. The monoisotopic (exact) mass is 314 g/mol. The lowest BCUT2D eigenvalue weighted by molar-refractivity contribution is 0.174. The lowest BCUT2D eigenvalue weighted by Gasteiger charge is -1.98. The minimum absolute atomic E-state index is 0.339. The van der Waals surface area contributed by atoms with Crippen LogP contribution in [-0.2, 0) is 6.42 Å². The summed E-state index contributed by atoms with van der Waals surface area (Å²) in [4.78, 5) is 0. The standard InChI is InChI=1S/C12H11IO2/c13-7-3-1-2-4-10-5-6-11-12(8-10)15-9-14-11/h1-3,5-8H,4,9H2/b2-1+,7-3-. The van der Waals surface area contributed by atoms with Crippen molar-refractivity contribution < 1.29 is 9.47 Å². The van der Waals surface area contributed by atoms with Crippen LogP contribution in [0.5, 0.6) is 11.5 Å². The highest BCUT2D eigenvalue weighted by Gasteiger charge is 2.12. The summed E-state index contributed by atoms with van der Waals surface area (Å²) < 4.78 is 12.5. The molecule has 0 radical (unpaired) electrons. The Labute approximate surface area is 103 Å². The molecule has 0 amide bonds. The summed E-state index contributed by atoms with van der Waals surface area (Å²) in [5.41, 5.74) is 1.23. The van der Waals surface area contributed by atoms with Crippen LogP contribution in [0.3, 0.4) is 0 Å². The summed E-state index contributed by atoms with van der Waals surface area (Å²) in [5, 5.41) is 0. The predicted octanol–water partition coefficient (Wildman–Crippen LogP) is 3.46. The molecule has 15 heavy (non-hydrogen) atoms. The summed E-state index contributed by atoms with van der Waals surface area (Å²) in [7, 11) is 0. The number of allylic oxidation sites excluding steroid dienone is 3. The molecule has 2 rings (SSSR count). The van der Waals surface area contributed by atoms with E-state index in [4.69, 9.17) is 9.47 Å². The Hall–Kier alpha value is -0.970. The Balaban J connectivity index is 2.04. The van der Waals surface area contributed by atoms with Crippen molar-refractivity contribution in [3.8, 4) is 11.5 Å². The number of ether oxygens (including phenoxy) is 2. The normalized spacial score (nSPS) is 14.2. The van der Waals surface area contributed by atoms with Crippen molar-refractivity contribution >= 4 is 22.6 Å². The van der Waals surface area contributed by atoms with E-state index in [-0.39, 0.29) is 0 Å². The van der Waals surface area contributed by atoms with E-state index < -0.39 is 0 Å². The molecule has 0 aliphatic carbocycles. The van der Waals surface area contributed by atoms with E-state index in [2.05, 4.69) is 34.7 Å². The second-order valence-electron chi connectivity index (χ2n) is 3.14. The van der Waals surface area contributed by atoms with E-state index >= 15 is 0 Å². The molecule has 1 aromatic rings. The first kappa shape index (κ1) is 10.5. The van der Waals surface area contributed by atoms with E-state index in [1.54, 1.807) is 0 Å². The van der Waals surface area contributed by atoms with E-state index in [9.17, 15) is 0 Å². The van der Waals surface area contributed by atoms with Crippen molar-refractivity contribution in [1.82, 2.24) is 0 Å². The van der Waals surface area contributed by atoms with Crippen LogP contribution < -0.4 is 9.47 Å². The van der Waals surface area contributed by atoms with Crippen LogP contribution in [0.15, 0.2) is 40.5 Å². The van der Waals surface area contributed by atoms with Crippen molar-refractivity contribution in [2.24, 2.45) is 0 Å². The van der Waals surface area contributed by atoms with Gasteiger partial charge in [0.05, 0.1) is 0 Å². The second-order valence-corrected chi connectivity index (χ2v) is 3.86. The van der Waals surface area contributed by atoms with Crippen LogP contribution >= 0.6 is 22.6 Å². The predicted molar refractivity (Wildman–Crippen MR) is 68.6 cm³/mol. The molecule has 1 aliphatic rings. The molecular weight excluding hydrogens is 303 g/mol. The van der Waals surface area contributed by atoms with E-state index in [0.717, 1.165) is 17.9 Å². The molecule has 0 bridgehead atoms. The van der Waals surface area contributed by atoms with Gasteiger partial charge in [0.1, 0.15) is 0 Å². The SMILES string of the molecule is I/C=C\C=C\Cc1ccc2c(c1)OCO2. The second kappa shape index (κ2) is 5.21. The van der Waals surface area contributed by atoms with E-state index in [1.807, 2.05) is 28.4 Å². The number of rotatable bonds is 3. The fourth-order valence-corrected chi connectivity index (χ4v) is 1.63. The van der Waals surface area contributed by atoms with Gasteiger partial charge >= 0.3 is 0 Å². The van der Waals surface area contributed by atoms with Gasteiger partial charge in [0, 0.05) is 0 Å². The van der Waals surface area contributed by atoms with Gasteiger partial charge in [-0.2, -0.15) is 0 Å². The molecule has 1 heterocycles. The number of benzene rings is 1. The maximum atomic E-state index is 5.31. The summed E-state index contributed by atoms with van der Waals surface area (Å²) >= 11 is 2.20. The molecule has 0 N–H and O–H groups in total. The molecule has 3 heteroatoms. The van der Waals surface area contributed by atoms with Crippen molar-refractivity contribution in [2.75, 3.05) is 6.79 Å². The zero-order valence-electron chi connectivity index (χ0n) is 8.15. The molecule has 78 valence electrons. The average molecular weight is 314 g/mol. The summed E-state index contributed by atoms with van der Waals surface area (Å²) in [6, 6.07) is 6.05. The van der Waals surface area contributed by atoms with Crippen molar-refractivity contribution in [2.45, 2.75) is 6.42 Å². The highest BCUT2D eigenvalue weighted by atomic mass is 127. The number of halogens is 1. The third-order valence-electron chi connectivity index (χ3n) is 2.11. The van der Waals surface area contributed by atoms with Gasteiger partial charge in [-0.1, -0.05) is 46.9 Å². The highest BCUT2D eigenvalue weighted by Crippen LogP contribution is 2.32. The van der Waals surface area contributed by atoms with Gasteiger partial charge in [-0.15, -0.1) is 0 Å². The van der Waals surface area contributed by atoms with Gasteiger partial charge in [0.25, 0.3) is 0 Å². The Morgan fingerprint density at radius 1 is 1.20 bits per heavy atom. The third-order valence-corrected chi connectivity index (χ3v) is 2.53. The van der Waals surface area contributed by atoms with Crippen LogP contribution in [0.1, 0.15) is 5.56 Å². The molecule has 1 aromatic carbocycles. The zero-order chi connectivity index (χ0) is 10.5. The summed E-state index contributed by atoms with van der Waals surface area (Å²) in [5.74, 6) is 1.69. The first-order valence-corrected chi connectivity index (χ1v) is 5.95. The Morgan fingerprint density at radius 3 is 2.93 bits per heavy atom. The fourth-order valence-electron chi connectivity index (χ4n) is 1.39. The lowest BCUT2D eigenvalue weighted by Crippen LogP contribution is -1.92. The molecule has 0 saturated heterocycles. The number of hydrogen-bond acceptors (Lipinski definition) is 2. The molecule has 0 aromatic heterocycles.